The van der Waals surface area contributed by atoms with Gasteiger partial charge >= 0.3 is 6.09 Å². The van der Waals surface area contributed by atoms with Crippen molar-refractivity contribution in [3.63, 3.8) is 0 Å². The quantitative estimate of drug-likeness (QED) is 0.0478. The lowest BCUT2D eigenvalue weighted by atomic mass is 9.98. The Kier molecular flexibility index (Phi) is 54.4. The van der Waals surface area contributed by atoms with Crippen molar-refractivity contribution in [3.8, 4) is 0 Å². The molecule has 92 heavy (non-hydrogen) atoms. The van der Waals surface area contributed by atoms with Crippen LogP contribution in [0.25, 0.3) is 0 Å². The maximum absolute atomic E-state index is 15.3. The highest BCUT2D eigenvalue weighted by atomic mass is 16.5. The maximum atomic E-state index is 15.3. The molecule has 0 heterocycles. The van der Waals surface area contributed by atoms with E-state index in [9.17, 15) is 14.4 Å². The predicted molar refractivity (Wildman–Crippen MR) is 386 cm³/mol. The number of carbonyl (C=O) groups is 4. The summed E-state index contributed by atoms with van der Waals surface area (Å²) in [7, 11) is 0. The molecule has 12 heteroatoms. The summed E-state index contributed by atoms with van der Waals surface area (Å²) in [4.78, 5) is 57.4. The number of ether oxygens (including phenoxy) is 4. The van der Waals surface area contributed by atoms with Gasteiger partial charge < -0.3 is 40.2 Å². The van der Waals surface area contributed by atoms with Crippen LogP contribution in [-0.4, -0.2) is 87.1 Å². The zero-order valence-electron chi connectivity index (χ0n) is 60.5. The predicted octanol–water partition coefficient (Wildman–Crippen LogP) is 20.5. The van der Waals surface area contributed by atoms with E-state index < -0.39 is 41.6 Å². The Hall–Kier alpha value is -4.00. The van der Waals surface area contributed by atoms with Crippen LogP contribution in [0.3, 0.4) is 0 Å². The molecule has 0 unspecified atom stereocenters. The van der Waals surface area contributed by atoms with Crippen LogP contribution in [0.2, 0.25) is 0 Å². The summed E-state index contributed by atoms with van der Waals surface area (Å²) in [5, 5.41) is 12.3. The maximum Gasteiger partial charge on any atom is 0.408 e. The minimum Gasteiger partial charge on any atom is -0.445 e. The zero-order valence-corrected chi connectivity index (χ0v) is 60.5. The molecule has 2 rings (SSSR count). The van der Waals surface area contributed by atoms with E-state index in [4.69, 9.17) is 18.9 Å². The van der Waals surface area contributed by atoms with E-state index in [0.717, 1.165) is 49.7 Å². The van der Waals surface area contributed by atoms with Crippen LogP contribution in [0.4, 0.5) is 4.79 Å². The highest BCUT2D eigenvalue weighted by Crippen LogP contribution is 2.20. The van der Waals surface area contributed by atoms with Gasteiger partial charge in [-0.1, -0.05) is 360 Å². The molecule has 530 valence electrons. The summed E-state index contributed by atoms with van der Waals surface area (Å²) in [6.07, 6.45) is 53.5. The van der Waals surface area contributed by atoms with E-state index in [2.05, 4.69) is 42.0 Å². The van der Waals surface area contributed by atoms with Gasteiger partial charge in [0.05, 0.1) is 19.8 Å². The van der Waals surface area contributed by atoms with Crippen molar-refractivity contribution in [1.82, 2.24) is 21.3 Å². The fourth-order valence-electron chi connectivity index (χ4n) is 12.3. The number of rotatable bonds is 65. The van der Waals surface area contributed by atoms with E-state index in [1.54, 1.807) is 0 Å². The minimum atomic E-state index is -1.05. The Bertz CT molecular complexity index is 1920. The van der Waals surface area contributed by atoms with Gasteiger partial charge in [0.1, 0.15) is 30.3 Å². The number of hydrogen-bond donors (Lipinski definition) is 4. The molecule has 0 aromatic heterocycles. The third-order valence-corrected chi connectivity index (χ3v) is 18.1. The van der Waals surface area contributed by atoms with Crippen LogP contribution < -0.4 is 21.3 Å². The van der Waals surface area contributed by atoms with E-state index in [0.29, 0.717) is 26.2 Å². The number of nitrogens with one attached hydrogen (secondary N) is 4. The van der Waals surface area contributed by atoms with Crippen molar-refractivity contribution in [1.29, 1.82) is 0 Å². The summed E-state index contributed by atoms with van der Waals surface area (Å²) in [5.41, 5.74) is 0.648. The van der Waals surface area contributed by atoms with Gasteiger partial charge in [-0.3, -0.25) is 14.4 Å². The summed E-state index contributed by atoms with van der Waals surface area (Å²) >= 11 is 0. The molecule has 0 aliphatic heterocycles. The molecule has 4 N–H and O–H groups in total. The standard InChI is InChI=1S/C80H142N4O8/c1-8-11-14-17-20-23-26-29-32-35-38-41-44-53-60-89-66-80(67-90-61-54-45-42-39-36-33-30-27-24-21-18-15-12-9-2,68-91-62-55-46-43-40-37-34-31-28-25-22-19-16-13-10-3)84-77(86)74(64-71-56-49-47-50-57-71)81-76(85)73(63-69(4)5)82-78(87)75(70(6)7)83-79(88)92-65-72-58-51-48-52-59-72/h47-52,56-59,69-70,73-75H,8-46,53-55,60-68H2,1-7H3,(H,81,85)(H,82,87)(H,83,88)(H,84,86)/t73-,74-,75-/m0/s1. The number of carbonyl (C=O) groups excluding carboxylic acids is 4. The molecular formula is C80H142N4O8. The molecule has 0 bridgehead atoms. The van der Waals surface area contributed by atoms with Crippen molar-refractivity contribution < 1.29 is 38.1 Å². The second kappa shape index (κ2) is 59.5. The summed E-state index contributed by atoms with van der Waals surface area (Å²) in [6.45, 7) is 16.8. The monoisotopic (exact) mass is 1290 g/mol. The molecule has 2 aromatic carbocycles. The molecule has 4 amide bonds. The van der Waals surface area contributed by atoms with Crippen molar-refractivity contribution in [2.75, 3.05) is 39.6 Å². The van der Waals surface area contributed by atoms with Crippen LogP contribution in [0.1, 0.15) is 336 Å². The zero-order chi connectivity index (χ0) is 66.6. The molecule has 0 aliphatic carbocycles. The van der Waals surface area contributed by atoms with Crippen LogP contribution >= 0.6 is 0 Å². The average molecular weight is 1290 g/mol. The molecule has 2 aromatic rings. The normalized spacial score (nSPS) is 12.7. The van der Waals surface area contributed by atoms with E-state index >= 15 is 4.79 Å². The first-order valence-electron chi connectivity index (χ1n) is 38.6. The first-order chi connectivity index (χ1) is 44.9. The van der Waals surface area contributed by atoms with Gasteiger partial charge in [-0.05, 0) is 48.6 Å². The molecule has 0 saturated heterocycles. The summed E-state index contributed by atoms with van der Waals surface area (Å²) < 4.78 is 25.4. The van der Waals surface area contributed by atoms with Crippen LogP contribution in [0, 0.1) is 11.8 Å². The lowest BCUT2D eigenvalue weighted by Crippen LogP contribution is -2.64. The molecular weight excluding hydrogens is 1140 g/mol. The molecule has 0 saturated carbocycles. The van der Waals surface area contributed by atoms with Gasteiger partial charge in [-0.15, -0.1) is 0 Å². The Morgan fingerprint density at radius 2 is 0.685 bits per heavy atom. The average Bonchev–Trinajstić information content (AvgIpc) is 1.39. The Morgan fingerprint density at radius 3 is 1.01 bits per heavy atom. The third kappa shape index (κ3) is 47.0. The van der Waals surface area contributed by atoms with Crippen LogP contribution in [0.15, 0.2) is 60.7 Å². The van der Waals surface area contributed by atoms with Crippen molar-refractivity contribution in [2.45, 2.75) is 361 Å². The second-order valence-corrected chi connectivity index (χ2v) is 28.1. The van der Waals surface area contributed by atoms with E-state index in [1.165, 1.54) is 231 Å². The molecule has 12 nitrogen and oxygen atoms in total. The lowest BCUT2D eigenvalue weighted by molar-refractivity contribution is -0.135. The Balaban J connectivity index is 2.30. The second-order valence-electron chi connectivity index (χ2n) is 28.1. The Morgan fingerprint density at radius 1 is 0.370 bits per heavy atom. The van der Waals surface area contributed by atoms with Gasteiger partial charge in [0.25, 0.3) is 0 Å². The van der Waals surface area contributed by atoms with E-state index in [-0.39, 0.29) is 50.6 Å². The van der Waals surface area contributed by atoms with Gasteiger partial charge in [-0.2, -0.15) is 0 Å². The van der Waals surface area contributed by atoms with Crippen LogP contribution in [0.5, 0.6) is 0 Å². The van der Waals surface area contributed by atoms with Crippen LogP contribution in [-0.2, 0) is 46.4 Å². The smallest absolute Gasteiger partial charge is 0.408 e. The largest absolute Gasteiger partial charge is 0.445 e. The highest BCUT2D eigenvalue weighted by Gasteiger charge is 2.38. The number of amides is 4. The van der Waals surface area contributed by atoms with Gasteiger partial charge in [0, 0.05) is 26.2 Å². The molecule has 3 atom stereocenters. The summed E-state index contributed by atoms with van der Waals surface area (Å²) in [5.74, 6) is -1.69. The topological polar surface area (TPSA) is 153 Å². The number of unbranched alkanes of at least 4 members (excludes halogenated alkanes) is 39. The van der Waals surface area contributed by atoms with E-state index in [1.807, 2.05) is 88.4 Å². The fraction of sp³-hybridized carbons (Fsp3) is 0.800. The van der Waals surface area contributed by atoms with Crippen molar-refractivity contribution in [3.05, 3.63) is 71.8 Å². The fourth-order valence-corrected chi connectivity index (χ4v) is 12.3. The molecule has 0 spiro atoms. The SMILES string of the molecule is CCCCCCCCCCCCCCCCOCC(COCCCCCCCCCCCCCCCC)(COCCCCCCCCCCCCCCCC)NC(=O)[C@H](Cc1ccccc1)NC(=O)[C@H](CC(C)C)NC(=O)[C@@H](NC(=O)OCc1ccccc1)C(C)C. The molecule has 0 aliphatic rings. The van der Waals surface area contributed by atoms with Gasteiger partial charge in [0.2, 0.25) is 17.7 Å². The molecule has 0 radical (unpaired) electrons. The number of benzene rings is 2. The number of hydrogen-bond acceptors (Lipinski definition) is 8. The van der Waals surface area contributed by atoms with Crippen molar-refractivity contribution >= 4 is 23.8 Å². The minimum absolute atomic E-state index is 0.00647. The number of alkyl carbamates (subject to hydrolysis) is 1. The van der Waals surface area contributed by atoms with Crippen molar-refractivity contribution in [2.24, 2.45) is 11.8 Å². The first-order valence-corrected chi connectivity index (χ1v) is 38.6. The first kappa shape index (κ1) is 84.1. The third-order valence-electron chi connectivity index (χ3n) is 18.1. The lowest BCUT2D eigenvalue weighted by Gasteiger charge is -2.36. The Labute approximate surface area is 565 Å². The molecule has 0 fully saturated rings. The van der Waals surface area contributed by atoms with Gasteiger partial charge in [0.15, 0.2) is 0 Å². The summed E-state index contributed by atoms with van der Waals surface area (Å²) in [6, 6.07) is 16.1. The van der Waals surface area contributed by atoms with Gasteiger partial charge in [-0.25, -0.2) is 4.79 Å². The highest BCUT2D eigenvalue weighted by molar-refractivity contribution is 5.94.